The highest BCUT2D eigenvalue weighted by Crippen LogP contribution is 2.29. The summed E-state index contributed by atoms with van der Waals surface area (Å²) in [7, 11) is -4.23. The first kappa shape index (κ1) is 23.0. The molecule has 7 nitrogen and oxygen atoms in total. The van der Waals surface area contributed by atoms with Crippen LogP contribution in [0.1, 0.15) is 31.9 Å². The maximum absolute atomic E-state index is 14.1. The van der Waals surface area contributed by atoms with E-state index in [0.717, 1.165) is 16.1 Å². The van der Waals surface area contributed by atoms with E-state index in [1.807, 2.05) is 0 Å². The fourth-order valence-corrected chi connectivity index (χ4v) is 4.65. The number of rotatable bonds is 5. The van der Waals surface area contributed by atoms with Gasteiger partial charge in [-0.2, -0.15) is 5.26 Å². The molecule has 0 bridgehead atoms. The summed E-state index contributed by atoms with van der Waals surface area (Å²) >= 11 is 0. The van der Waals surface area contributed by atoms with Gasteiger partial charge in [0, 0.05) is 11.7 Å². The molecule has 0 unspecified atom stereocenters. The number of carbonyl (C=O) groups is 1. The standard InChI is InChI=1S/C23H22FN3O4S/c1-23(2,3)26(22(28)29)14-16-11-21(17-7-5-4-6-8-17)27(15-16)32(30,31)19-10-9-18(13-25)20(24)12-19/h4-12,15H,14H2,1-3H3,(H,28,29). The van der Waals surface area contributed by atoms with Crippen molar-refractivity contribution in [2.24, 2.45) is 0 Å². The minimum absolute atomic E-state index is 0.0388. The molecule has 1 heterocycles. The van der Waals surface area contributed by atoms with Crippen molar-refractivity contribution in [1.82, 2.24) is 8.87 Å². The summed E-state index contributed by atoms with van der Waals surface area (Å²) in [5.41, 5.74) is 0.385. The van der Waals surface area contributed by atoms with Gasteiger partial charge in [-0.1, -0.05) is 30.3 Å². The van der Waals surface area contributed by atoms with Crippen LogP contribution in [0, 0.1) is 17.1 Å². The van der Waals surface area contributed by atoms with Gasteiger partial charge in [0.15, 0.2) is 0 Å². The first-order valence-electron chi connectivity index (χ1n) is 9.67. The first-order valence-corrected chi connectivity index (χ1v) is 11.1. The average Bonchev–Trinajstić information content (AvgIpc) is 3.16. The summed E-state index contributed by atoms with van der Waals surface area (Å²) in [6, 6.07) is 15.1. The molecule has 0 radical (unpaired) electrons. The summed E-state index contributed by atoms with van der Waals surface area (Å²) in [5.74, 6) is -0.938. The van der Waals surface area contributed by atoms with E-state index >= 15 is 0 Å². The van der Waals surface area contributed by atoms with Gasteiger partial charge in [0.2, 0.25) is 0 Å². The number of nitrogens with zero attached hydrogens (tertiary/aromatic N) is 3. The average molecular weight is 456 g/mol. The molecule has 9 heteroatoms. The van der Waals surface area contributed by atoms with Crippen LogP contribution < -0.4 is 0 Å². The third kappa shape index (κ3) is 4.50. The lowest BCUT2D eigenvalue weighted by atomic mass is 10.1. The van der Waals surface area contributed by atoms with E-state index in [1.54, 1.807) is 63.2 Å². The molecule has 0 aliphatic carbocycles. The van der Waals surface area contributed by atoms with Gasteiger partial charge in [0.25, 0.3) is 10.0 Å². The zero-order chi connectivity index (χ0) is 23.7. The Labute approximate surface area is 186 Å². The molecule has 0 saturated carbocycles. The molecule has 0 aliphatic heterocycles. The Kier molecular flexibility index (Phi) is 6.10. The molecule has 1 amide bonds. The Morgan fingerprint density at radius 3 is 2.34 bits per heavy atom. The van der Waals surface area contributed by atoms with E-state index in [1.165, 1.54) is 17.2 Å². The zero-order valence-corrected chi connectivity index (χ0v) is 18.6. The molecular formula is C23H22FN3O4S. The van der Waals surface area contributed by atoms with Gasteiger partial charge in [0.1, 0.15) is 11.9 Å². The van der Waals surface area contributed by atoms with Crippen molar-refractivity contribution in [2.75, 3.05) is 0 Å². The van der Waals surface area contributed by atoms with Crippen molar-refractivity contribution in [1.29, 1.82) is 5.26 Å². The molecule has 0 saturated heterocycles. The Morgan fingerprint density at radius 2 is 1.81 bits per heavy atom. The lowest BCUT2D eigenvalue weighted by Crippen LogP contribution is -2.44. The molecule has 0 spiro atoms. The van der Waals surface area contributed by atoms with Crippen LogP contribution in [0.2, 0.25) is 0 Å². The van der Waals surface area contributed by atoms with E-state index < -0.39 is 27.5 Å². The topological polar surface area (TPSA) is 103 Å². The number of halogens is 1. The maximum atomic E-state index is 14.1. The van der Waals surface area contributed by atoms with Crippen LogP contribution in [0.5, 0.6) is 0 Å². The van der Waals surface area contributed by atoms with Gasteiger partial charge in [-0.05, 0) is 56.2 Å². The van der Waals surface area contributed by atoms with Crippen LogP contribution in [0.15, 0.2) is 65.7 Å². The molecule has 1 N–H and O–H groups in total. The van der Waals surface area contributed by atoms with Crippen molar-refractivity contribution < 1.29 is 22.7 Å². The predicted octanol–water partition coefficient (Wildman–Crippen LogP) is 4.68. The van der Waals surface area contributed by atoms with Crippen LogP contribution in [-0.2, 0) is 16.6 Å². The number of aromatic nitrogens is 1. The number of nitriles is 1. The lowest BCUT2D eigenvalue weighted by Gasteiger charge is -2.32. The summed E-state index contributed by atoms with van der Waals surface area (Å²) in [6.07, 6.45) is 0.207. The van der Waals surface area contributed by atoms with Gasteiger partial charge in [-0.15, -0.1) is 0 Å². The van der Waals surface area contributed by atoms with Crippen molar-refractivity contribution in [3.05, 3.63) is 77.7 Å². The van der Waals surface area contributed by atoms with E-state index in [2.05, 4.69) is 0 Å². The Morgan fingerprint density at radius 1 is 1.16 bits per heavy atom. The van der Waals surface area contributed by atoms with Gasteiger partial charge in [0.05, 0.1) is 22.7 Å². The predicted molar refractivity (Wildman–Crippen MR) is 117 cm³/mol. The molecule has 3 rings (SSSR count). The summed E-state index contributed by atoms with van der Waals surface area (Å²) in [5, 5.41) is 18.5. The normalized spacial score (nSPS) is 11.7. The highest BCUT2D eigenvalue weighted by atomic mass is 32.2. The third-order valence-electron chi connectivity index (χ3n) is 4.91. The second-order valence-corrected chi connectivity index (χ2v) is 10.0. The van der Waals surface area contributed by atoms with Crippen LogP contribution >= 0.6 is 0 Å². The molecule has 3 aromatic rings. The third-order valence-corrected chi connectivity index (χ3v) is 6.58. The van der Waals surface area contributed by atoms with E-state index in [-0.39, 0.29) is 17.0 Å². The van der Waals surface area contributed by atoms with Crippen LogP contribution in [0.3, 0.4) is 0 Å². The number of amides is 1. The zero-order valence-electron chi connectivity index (χ0n) is 17.8. The fraction of sp³-hybridized carbons (Fsp3) is 0.217. The molecule has 166 valence electrons. The van der Waals surface area contributed by atoms with E-state index in [4.69, 9.17) is 5.26 Å². The molecule has 32 heavy (non-hydrogen) atoms. The van der Waals surface area contributed by atoms with Gasteiger partial charge >= 0.3 is 6.09 Å². The SMILES string of the molecule is CC(C)(C)N(Cc1cc(-c2ccccc2)n(S(=O)(=O)c2ccc(C#N)c(F)c2)c1)C(=O)O. The smallest absolute Gasteiger partial charge is 0.408 e. The van der Waals surface area contributed by atoms with Gasteiger partial charge in [-0.3, -0.25) is 4.90 Å². The largest absolute Gasteiger partial charge is 0.465 e. The number of hydrogen-bond acceptors (Lipinski definition) is 4. The summed E-state index contributed by atoms with van der Waals surface area (Å²) in [6.45, 7) is 5.19. The molecule has 0 fully saturated rings. The Balaban J connectivity index is 2.17. The van der Waals surface area contributed by atoms with Gasteiger partial charge < -0.3 is 5.11 Å². The summed E-state index contributed by atoms with van der Waals surface area (Å²) in [4.78, 5) is 12.6. The first-order chi connectivity index (χ1) is 14.9. The fourth-order valence-electron chi connectivity index (χ4n) is 3.24. The minimum atomic E-state index is -4.23. The molecule has 2 aromatic carbocycles. The monoisotopic (exact) mass is 455 g/mol. The quantitative estimate of drug-likeness (QED) is 0.602. The second-order valence-electron chi connectivity index (χ2n) is 8.19. The van der Waals surface area contributed by atoms with Crippen molar-refractivity contribution >= 4 is 16.1 Å². The lowest BCUT2D eigenvalue weighted by molar-refractivity contribution is 0.0956. The van der Waals surface area contributed by atoms with Crippen LogP contribution in [0.25, 0.3) is 11.3 Å². The van der Waals surface area contributed by atoms with Crippen molar-refractivity contribution in [3.8, 4) is 17.3 Å². The maximum Gasteiger partial charge on any atom is 0.408 e. The molecule has 1 aromatic heterocycles. The van der Waals surface area contributed by atoms with Crippen LogP contribution in [-0.4, -0.2) is 34.0 Å². The minimum Gasteiger partial charge on any atom is -0.465 e. The molecular weight excluding hydrogens is 433 g/mol. The van der Waals surface area contributed by atoms with Crippen LogP contribution in [0.4, 0.5) is 9.18 Å². The number of carboxylic acid groups (broad SMARTS) is 1. The Bertz CT molecular complexity index is 1300. The second kappa shape index (κ2) is 8.48. The van der Waals surface area contributed by atoms with Gasteiger partial charge in [-0.25, -0.2) is 21.6 Å². The molecule has 0 aliphatic rings. The highest BCUT2D eigenvalue weighted by molar-refractivity contribution is 7.90. The number of benzene rings is 2. The number of hydrogen-bond donors (Lipinski definition) is 1. The summed E-state index contributed by atoms with van der Waals surface area (Å²) < 4.78 is 42.0. The highest BCUT2D eigenvalue weighted by Gasteiger charge is 2.28. The van der Waals surface area contributed by atoms with E-state index in [9.17, 15) is 22.7 Å². The van der Waals surface area contributed by atoms with Crippen molar-refractivity contribution in [3.63, 3.8) is 0 Å². The Hall–Kier alpha value is -3.64. The molecule has 0 atom stereocenters. The van der Waals surface area contributed by atoms with E-state index in [0.29, 0.717) is 16.8 Å². The van der Waals surface area contributed by atoms with Crippen molar-refractivity contribution in [2.45, 2.75) is 37.8 Å².